The molecule has 8 nitrogen and oxygen atoms in total. The molecule has 2 N–H and O–H groups in total. The van der Waals surface area contributed by atoms with E-state index in [4.69, 9.17) is 9.47 Å². The van der Waals surface area contributed by atoms with Crippen molar-refractivity contribution in [3.05, 3.63) is 96.1 Å². The maximum atomic E-state index is 13.6. The molecule has 1 aliphatic heterocycles. The van der Waals surface area contributed by atoms with Gasteiger partial charge in [-0.2, -0.15) is 0 Å². The lowest BCUT2D eigenvalue weighted by Gasteiger charge is -2.33. The number of benzene rings is 3. The topological polar surface area (TPSA) is 97.0 Å². The van der Waals surface area contributed by atoms with Gasteiger partial charge in [-0.3, -0.25) is 14.5 Å². The van der Waals surface area contributed by atoms with Crippen molar-refractivity contribution in [2.24, 2.45) is 0 Å². The van der Waals surface area contributed by atoms with E-state index < -0.39 is 29.5 Å². The quantitative estimate of drug-likeness (QED) is 0.475. The number of ether oxygens (including phenoxy) is 2. The summed E-state index contributed by atoms with van der Waals surface area (Å²) in [6.07, 6.45) is 0.598. The Balaban J connectivity index is 1.49. The van der Waals surface area contributed by atoms with Gasteiger partial charge < -0.3 is 20.1 Å². The van der Waals surface area contributed by atoms with Crippen molar-refractivity contribution in [3.63, 3.8) is 0 Å². The second-order valence-electron chi connectivity index (χ2n) is 9.05. The van der Waals surface area contributed by atoms with Crippen LogP contribution in [-0.4, -0.2) is 42.5 Å². The van der Waals surface area contributed by atoms with E-state index in [0.29, 0.717) is 36.4 Å². The molecule has 0 aliphatic carbocycles. The summed E-state index contributed by atoms with van der Waals surface area (Å²) < 4.78 is 10.6. The molecular formula is C29H31N3O5. The Hall–Kier alpha value is -4.33. The number of anilines is 1. The van der Waals surface area contributed by atoms with Crippen LogP contribution in [0.1, 0.15) is 30.9 Å². The van der Waals surface area contributed by atoms with Gasteiger partial charge in [0.1, 0.15) is 23.9 Å². The van der Waals surface area contributed by atoms with Crippen molar-refractivity contribution in [3.8, 4) is 5.75 Å². The molecule has 0 aromatic heterocycles. The highest BCUT2D eigenvalue weighted by molar-refractivity contribution is 6.01. The van der Waals surface area contributed by atoms with E-state index in [2.05, 4.69) is 10.6 Å². The average Bonchev–Trinajstić information content (AvgIpc) is 3.43. The monoisotopic (exact) mass is 501 g/mol. The molecule has 1 saturated heterocycles. The number of hydrogen-bond donors (Lipinski definition) is 2. The minimum atomic E-state index is -1.39. The Labute approximate surface area is 216 Å². The second kappa shape index (κ2) is 11.6. The van der Waals surface area contributed by atoms with Crippen molar-refractivity contribution >= 4 is 23.6 Å². The molecular weight excluding hydrogens is 470 g/mol. The molecule has 1 fully saturated rings. The SMILES string of the molecule is COc1ccc(NC(=O)[C@](C)(NC(=O)[C@@H]2CCCN2C(=O)OCc2ccccc2)c2ccccc2)cc1. The van der Waals surface area contributed by atoms with Crippen molar-refractivity contribution in [2.45, 2.75) is 38.0 Å². The van der Waals surface area contributed by atoms with Crippen LogP contribution in [0.25, 0.3) is 0 Å². The number of carbonyl (C=O) groups is 3. The van der Waals surface area contributed by atoms with E-state index in [1.165, 1.54) is 4.90 Å². The van der Waals surface area contributed by atoms with Crippen molar-refractivity contribution in [1.82, 2.24) is 10.2 Å². The zero-order chi connectivity index (χ0) is 26.3. The molecule has 3 aromatic rings. The van der Waals surface area contributed by atoms with Crippen LogP contribution in [0.5, 0.6) is 5.75 Å². The predicted molar refractivity (Wildman–Crippen MR) is 140 cm³/mol. The first-order chi connectivity index (χ1) is 17.9. The summed E-state index contributed by atoms with van der Waals surface area (Å²) in [5.41, 5.74) is 0.656. The third-order valence-corrected chi connectivity index (χ3v) is 6.52. The lowest BCUT2D eigenvalue weighted by molar-refractivity contribution is -0.132. The lowest BCUT2D eigenvalue weighted by Crippen LogP contribution is -2.57. The van der Waals surface area contributed by atoms with E-state index in [-0.39, 0.29) is 6.61 Å². The summed E-state index contributed by atoms with van der Waals surface area (Å²) in [5.74, 6) is -0.156. The summed E-state index contributed by atoms with van der Waals surface area (Å²) in [6.45, 7) is 2.19. The molecule has 0 unspecified atom stereocenters. The van der Waals surface area contributed by atoms with Crippen LogP contribution in [0.4, 0.5) is 10.5 Å². The second-order valence-corrected chi connectivity index (χ2v) is 9.05. The minimum Gasteiger partial charge on any atom is -0.497 e. The number of methoxy groups -OCH3 is 1. The molecule has 192 valence electrons. The molecule has 0 spiro atoms. The van der Waals surface area contributed by atoms with Crippen LogP contribution in [0.2, 0.25) is 0 Å². The van der Waals surface area contributed by atoms with E-state index in [0.717, 1.165) is 5.56 Å². The van der Waals surface area contributed by atoms with Gasteiger partial charge in [0.2, 0.25) is 5.91 Å². The van der Waals surface area contributed by atoms with E-state index in [1.54, 1.807) is 50.4 Å². The van der Waals surface area contributed by atoms with Crippen LogP contribution < -0.4 is 15.4 Å². The molecule has 2 atom stereocenters. The molecule has 0 saturated carbocycles. The Morgan fingerprint density at radius 3 is 2.24 bits per heavy atom. The maximum absolute atomic E-state index is 13.6. The highest BCUT2D eigenvalue weighted by atomic mass is 16.6. The highest BCUT2D eigenvalue weighted by Gasteiger charge is 2.42. The van der Waals surface area contributed by atoms with Gasteiger partial charge in [0.15, 0.2) is 0 Å². The number of likely N-dealkylation sites (tertiary alicyclic amines) is 1. The highest BCUT2D eigenvalue weighted by Crippen LogP contribution is 2.26. The van der Waals surface area contributed by atoms with Gasteiger partial charge >= 0.3 is 6.09 Å². The zero-order valence-electron chi connectivity index (χ0n) is 21.0. The fourth-order valence-corrected chi connectivity index (χ4v) is 4.35. The number of rotatable bonds is 8. The van der Waals surface area contributed by atoms with Gasteiger partial charge in [-0.25, -0.2) is 4.79 Å². The molecule has 37 heavy (non-hydrogen) atoms. The van der Waals surface area contributed by atoms with Crippen LogP contribution >= 0.6 is 0 Å². The summed E-state index contributed by atoms with van der Waals surface area (Å²) >= 11 is 0. The van der Waals surface area contributed by atoms with Crippen molar-refractivity contribution < 1.29 is 23.9 Å². The Morgan fingerprint density at radius 2 is 1.59 bits per heavy atom. The summed E-state index contributed by atoms with van der Waals surface area (Å²) in [5, 5.41) is 5.81. The number of nitrogens with zero attached hydrogens (tertiary/aromatic N) is 1. The van der Waals surface area contributed by atoms with E-state index >= 15 is 0 Å². The fourth-order valence-electron chi connectivity index (χ4n) is 4.35. The average molecular weight is 502 g/mol. The standard InChI is InChI=1S/C29H31N3O5/c1-29(22-12-7-4-8-13-22,27(34)30-23-15-17-24(36-2)18-16-23)31-26(33)25-14-9-19-32(25)28(35)37-20-21-10-5-3-6-11-21/h3-8,10-13,15-18,25H,9,14,19-20H2,1-2H3,(H,30,34)(H,31,33)/t25-,29+/m0/s1. The van der Waals surface area contributed by atoms with Crippen LogP contribution in [0.3, 0.4) is 0 Å². The van der Waals surface area contributed by atoms with E-state index in [9.17, 15) is 14.4 Å². The maximum Gasteiger partial charge on any atom is 0.410 e. The number of amides is 3. The first-order valence-corrected chi connectivity index (χ1v) is 12.2. The van der Waals surface area contributed by atoms with Gasteiger partial charge in [-0.15, -0.1) is 0 Å². The van der Waals surface area contributed by atoms with Crippen molar-refractivity contribution in [1.29, 1.82) is 0 Å². The first kappa shape index (κ1) is 25.8. The molecule has 8 heteroatoms. The Morgan fingerprint density at radius 1 is 0.946 bits per heavy atom. The van der Waals surface area contributed by atoms with Crippen LogP contribution in [0, 0.1) is 0 Å². The molecule has 0 radical (unpaired) electrons. The van der Waals surface area contributed by atoms with Crippen LogP contribution in [-0.2, 0) is 26.5 Å². The number of nitrogens with one attached hydrogen (secondary N) is 2. The third-order valence-electron chi connectivity index (χ3n) is 6.52. The summed E-state index contributed by atoms with van der Waals surface area (Å²) in [7, 11) is 1.57. The molecule has 3 aromatic carbocycles. The smallest absolute Gasteiger partial charge is 0.410 e. The lowest BCUT2D eigenvalue weighted by atomic mass is 9.90. The molecule has 4 rings (SSSR count). The molecule has 1 heterocycles. The Kier molecular flexibility index (Phi) is 8.08. The molecule has 3 amide bonds. The largest absolute Gasteiger partial charge is 0.497 e. The fraction of sp³-hybridized carbons (Fsp3) is 0.276. The van der Waals surface area contributed by atoms with Gasteiger partial charge in [0, 0.05) is 12.2 Å². The summed E-state index contributed by atoms with van der Waals surface area (Å²) in [4.78, 5) is 41.3. The number of carbonyl (C=O) groups excluding carboxylic acids is 3. The minimum absolute atomic E-state index is 0.122. The summed E-state index contributed by atoms with van der Waals surface area (Å²) in [6, 6.07) is 24.6. The third kappa shape index (κ3) is 6.09. The van der Waals surface area contributed by atoms with Gasteiger partial charge in [-0.1, -0.05) is 60.7 Å². The van der Waals surface area contributed by atoms with Gasteiger partial charge in [-0.05, 0) is 55.2 Å². The number of hydrogen-bond acceptors (Lipinski definition) is 5. The predicted octanol–water partition coefficient (Wildman–Crippen LogP) is 4.47. The normalized spacial score (nSPS) is 16.4. The van der Waals surface area contributed by atoms with Crippen molar-refractivity contribution in [2.75, 3.05) is 19.0 Å². The van der Waals surface area contributed by atoms with E-state index in [1.807, 2.05) is 48.5 Å². The van der Waals surface area contributed by atoms with Gasteiger partial charge in [0.05, 0.1) is 7.11 Å². The Bertz CT molecular complexity index is 1220. The first-order valence-electron chi connectivity index (χ1n) is 12.2. The van der Waals surface area contributed by atoms with Crippen LogP contribution in [0.15, 0.2) is 84.9 Å². The molecule has 1 aliphatic rings. The zero-order valence-corrected chi connectivity index (χ0v) is 21.0. The van der Waals surface area contributed by atoms with Gasteiger partial charge in [0.25, 0.3) is 5.91 Å². The molecule has 0 bridgehead atoms.